The molecule has 2 N–H and O–H groups in total. The Morgan fingerprint density at radius 1 is 1.31 bits per heavy atom. The van der Waals surface area contributed by atoms with Crippen molar-refractivity contribution in [3.63, 3.8) is 0 Å². The minimum absolute atomic E-state index is 0. The maximum atomic E-state index is 5.94. The van der Waals surface area contributed by atoms with Gasteiger partial charge in [-0.15, -0.1) is 24.0 Å². The third-order valence-corrected chi connectivity index (χ3v) is 4.04. The van der Waals surface area contributed by atoms with Crippen LogP contribution in [0.4, 0.5) is 0 Å². The summed E-state index contributed by atoms with van der Waals surface area (Å²) in [5, 5.41) is 7.23. The van der Waals surface area contributed by atoms with E-state index in [9.17, 15) is 0 Å². The SMILES string of the molecule is CCNC(=NCCCN1CCOCC1)NCCOc1cccc(Cl)c1.I. The van der Waals surface area contributed by atoms with E-state index < -0.39 is 0 Å². The molecule has 0 amide bonds. The molecule has 0 aliphatic carbocycles. The van der Waals surface area contributed by atoms with E-state index in [1.165, 1.54) is 0 Å². The molecule has 0 bridgehead atoms. The second-order valence-corrected chi connectivity index (χ2v) is 6.24. The molecule has 1 fully saturated rings. The van der Waals surface area contributed by atoms with Gasteiger partial charge in [-0.3, -0.25) is 9.89 Å². The molecular weight excluding hydrogens is 467 g/mol. The Hall–Kier alpha value is -0.770. The Morgan fingerprint density at radius 2 is 2.12 bits per heavy atom. The molecule has 1 heterocycles. The third-order valence-electron chi connectivity index (χ3n) is 3.81. The van der Waals surface area contributed by atoms with Crippen LogP contribution in [0, 0.1) is 0 Å². The maximum absolute atomic E-state index is 5.94. The minimum atomic E-state index is 0. The van der Waals surface area contributed by atoms with Crippen molar-refractivity contribution >= 4 is 41.5 Å². The highest BCUT2D eigenvalue weighted by Gasteiger charge is 2.09. The lowest BCUT2D eigenvalue weighted by atomic mass is 10.3. The number of aliphatic imine (C=N–C) groups is 1. The van der Waals surface area contributed by atoms with Crippen molar-refractivity contribution in [1.29, 1.82) is 0 Å². The summed E-state index contributed by atoms with van der Waals surface area (Å²) in [6, 6.07) is 7.42. The molecule has 148 valence electrons. The van der Waals surface area contributed by atoms with Crippen molar-refractivity contribution in [3.05, 3.63) is 29.3 Å². The fraction of sp³-hybridized carbons (Fsp3) is 0.611. The smallest absolute Gasteiger partial charge is 0.191 e. The number of guanidine groups is 1. The number of rotatable bonds is 9. The van der Waals surface area contributed by atoms with Crippen molar-refractivity contribution in [2.45, 2.75) is 13.3 Å². The first-order valence-corrected chi connectivity index (χ1v) is 9.36. The molecule has 0 atom stereocenters. The van der Waals surface area contributed by atoms with Gasteiger partial charge in [0.05, 0.1) is 19.8 Å². The van der Waals surface area contributed by atoms with Gasteiger partial charge in [0.2, 0.25) is 0 Å². The minimum Gasteiger partial charge on any atom is -0.492 e. The van der Waals surface area contributed by atoms with E-state index in [0.29, 0.717) is 18.2 Å². The predicted octanol–water partition coefficient (Wildman–Crippen LogP) is 2.61. The highest BCUT2D eigenvalue weighted by atomic mass is 127. The van der Waals surface area contributed by atoms with Crippen molar-refractivity contribution < 1.29 is 9.47 Å². The van der Waals surface area contributed by atoms with Gasteiger partial charge in [0.15, 0.2) is 5.96 Å². The summed E-state index contributed by atoms with van der Waals surface area (Å²) in [7, 11) is 0. The number of hydrogen-bond acceptors (Lipinski definition) is 4. The number of ether oxygens (including phenoxy) is 2. The van der Waals surface area contributed by atoms with Gasteiger partial charge in [-0.25, -0.2) is 0 Å². The quantitative estimate of drug-likeness (QED) is 0.238. The zero-order chi connectivity index (χ0) is 17.7. The van der Waals surface area contributed by atoms with E-state index in [-0.39, 0.29) is 24.0 Å². The molecule has 1 aromatic carbocycles. The largest absolute Gasteiger partial charge is 0.492 e. The Balaban J connectivity index is 0.00000338. The zero-order valence-electron chi connectivity index (χ0n) is 15.4. The Bertz CT molecular complexity index is 528. The summed E-state index contributed by atoms with van der Waals surface area (Å²) in [5.41, 5.74) is 0. The number of nitrogens with one attached hydrogen (secondary N) is 2. The van der Waals surface area contributed by atoms with Gasteiger partial charge in [0.25, 0.3) is 0 Å². The fourth-order valence-corrected chi connectivity index (χ4v) is 2.73. The molecule has 2 rings (SSSR count). The van der Waals surface area contributed by atoms with E-state index in [4.69, 9.17) is 21.1 Å². The third kappa shape index (κ3) is 9.80. The highest BCUT2D eigenvalue weighted by molar-refractivity contribution is 14.0. The Kier molecular flexibility index (Phi) is 12.8. The molecule has 0 unspecified atom stereocenters. The van der Waals surface area contributed by atoms with Gasteiger partial charge in [-0.2, -0.15) is 0 Å². The summed E-state index contributed by atoms with van der Waals surface area (Å²) in [4.78, 5) is 7.05. The average Bonchev–Trinajstić information content (AvgIpc) is 2.63. The van der Waals surface area contributed by atoms with Crippen molar-refractivity contribution in [1.82, 2.24) is 15.5 Å². The fourth-order valence-electron chi connectivity index (χ4n) is 2.55. The second kappa shape index (κ2) is 14.3. The summed E-state index contributed by atoms with van der Waals surface area (Å²) in [6.07, 6.45) is 1.05. The molecule has 1 aromatic rings. The van der Waals surface area contributed by atoms with Crippen molar-refractivity contribution in [2.24, 2.45) is 4.99 Å². The van der Waals surface area contributed by atoms with Gasteiger partial charge < -0.3 is 20.1 Å². The van der Waals surface area contributed by atoms with Gasteiger partial charge in [-0.05, 0) is 31.5 Å². The molecule has 26 heavy (non-hydrogen) atoms. The van der Waals surface area contributed by atoms with Crippen LogP contribution in [0.25, 0.3) is 0 Å². The highest BCUT2D eigenvalue weighted by Crippen LogP contribution is 2.16. The van der Waals surface area contributed by atoms with E-state index in [1.807, 2.05) is 24.3 Å². The summed E-state index contributed by atoms with van der Waals surface area (Å²) in [5.74, 6) is 1.61. The lowest BCUT2D eigenvalue weighted by molar-refractivity contribution is 0.0377. The molecular formula is C18H30ClIN4O2. The molecule has 0 spiro atoms. The van der Waals surface area contributed by atoms with E-state index in [1.54, 1.807) is 0 Å². The van der Waals surface area contributed by atoms with Crippen molar-refractivity contribution in [2.75, 3.05) is 59.1 Å². The van der Waals surface area contributed by atoms with E-state index in [2.05, 4.69) is 27.4 Å². The van der Waals surface area contributed by atoms with Crippen LogP contribution in [-0.2, 0) is 4.74 Å². The van der Waals surface area contributed by atoms with Gasteiger partial charge in [0, 0.05) is 37.7 Å². The standard InChI is InChI=1S/C18H29ClN4O2.HI/c1-2-20-18(21-7-4-9-23-10-13-24-14-11-23)22-8-12-25-17-6-3-5-16(19)15-17;/h3,5-6,15H,2,4,7-14H2,1H3,(H2,20,21,22);1H. The van der Waals surface area contributed by atoms with E-state index in [0.717, 1.165) is 64.1 Å². The maximum Gasteiger partial charge on any atom is 0.191 e. The summed E-state index contributed by atoms with van der Waals surface area (Å²) < 4.78 is 11.0. The number of benzene rings is 1. The van der Waals surface area contributed by atoms with Gasteiger partial charge >= 0.3 is 0 Å². The first kappa shape index (κ1) is 23.3. The van der Waals surface area contributed by atoms with Crippen LogP contribution in [0.15, 0.2) is 29.3 Å². The lowest BCUT2D eigenvalue weighted by Crippen LogP contribution is -2.39. The normalized spacial score (nSPS) is 15.2. The number of halogens is 2. The van der Waals surface area contributed by atoms with Crippen LogP contribution in [0.5, 0.6) is 5.75 Å². The topological polar surface area (TPSA) is 58.1 Å². The van der Waals surface area contributed by atoms with E-state index >= 15 is 0 Å². The van der Waals surface area contributed by atoms with Crippen molar-refractivity contribution in [3.8, 4) is 5.75 Å². The molecule has 1 aliphatic rings. The molecule has 8 heteroatoms. The molecule has 1 saturated heterocycles. The molecule has 1 aliphatic heterocycles. The predicted molar refractivity (Wildman–Crippen MR) is 118 cm³/mol. The van der Waals surface area contributed by atoms with Crippen LogP contribution < -0.4 is 15.4 Å². The molecule has 6 nitrogen and oxygen atoms in total. The number of nitrogens with zero attached hydrogens (tertiary/aromatic N) is 2. The van der Waals surface area contributed by atoms with Crippen LogP contribution in [0.3, 0.4) is 0 Å². The monoisotopic (exact) mass is 496 g/mol. The van der Waals surface area contributed by atoms with Crippen LogP contribution in [0.2, 0.25) is 5.02 Å². The van der Waals surface area contributed by atoms with Gasteiger partial charge in [0.1, 0.15) is 12.4 Å². The molecule has 0 radical (unpaired) electrons. The van der Waals surface area contributed by atoms with Crippen LogP contribution in [0.1, 0.15) is 13.3 Å². The molecule has 0 aromatic heterocycles. The summed E-state index contributed by atoms with van der Waals surface area (Å²) >= 11 is 5.94. The first-order chi connectivity index (χ1) is 12.3. The Labute approximate surface area is 178 Å². The average molecular weight is 497 g/mol. The van der Waals surface area contributed by atoms with Gasteiger partial charge in [-0.1, -0.05) is 17.7 Å². The van der Waals surface area contributed by atoms with Crippen LogP contribution >= 0.6 is 35.6 Å². The first-order valence-electron chi connectivity index (χ1n) is 8.98. The Morgan fingerprint density at radius 3 is 2.85 bits per heavy atom. The van der Waals surface area contributed by atoms with Crippen LogP contribution in [-0.4, -0.2) is 69.9 Å². The zero-order valence-corrected chi connectivity index (χ0v) is 18.5. The lowest BCUT2D eigenvalue weighted by Gasteiger charge is -2.26. The summed E-state index contributed by atoms with van der Waals surface area (Å²) in [6.45, 7) is 9.77. The second-order valence-electron chi connectivity index (χ2n) is 5.80. The molecule has 0 saturated carbocycles. The number of hydrogen-bond donors (Lipinski definition) is 2. The number of morpholine rings is 1.